The van der Waals surface area contributed by atoms with Crippen LogP contribution in [-0.4, -0.2) is 15.8 Å². The van der Waals surface area contributed by atoms with E-state index in [2.05, 4.69) is 9.97 Å². The van der Waals surface area contributed by atoms with Crippen molar-refractivity contribution in [3.8, 4) is 11.3 Å². The number of hydrogen-bond donors (Lipinski definition) is 1. The van der Waals surface area contributed by atoms with Crippen LogP contribution in [0.3, 0.4) is 0 Å². The Bertz CT molecular complexity index is 575. The van der Waals surface area contributed by atoms with Crippen molar-refractivity contribution < 1.29 is 4.79 Å². The molecule has 0 radical (unpaired) electrons. The zero-order valence-electron chi connectivity index (χ0n) is 10.5. The zero-order chi connectivity index (χ0) is 13.1. The third-order valence-corrected chi connectivity index (χ3v) is 3.06. The van der Waals surface area contributed by atoms with Crippen molar-refractivity contribution in [1.82, 2.24) is 9.97 Å². The lowest BCUT2D eigenvalue weighted by molar-refractivity contribution is 0.0972. The first kappa shape index (κ1) is 12.8. The second-order valence-corrected chi connectivity index (χ2v) is 4.71. The third kappa shape index (κ3) is 2.62. The number of benzene rings is 1. The molecule has 0 aliphatic carbocycles. The van der Waals surface area contributed by atoms with E-state index in [1.165, 1.54) is 0 Å². The molecule has 2 aromatic rings. The minimum Gasteiger partial charge on any atom is -0.335 e. The Hall–Kier alpha value is -1.61. The molecular formula is C14H15ClN2O. The molecule has 0 aliphatic heterocycles. The van der Waals surface area contributed by atoms with Gasteiger partial charge >= 0.3 is 0 Å². The van der Waals surface area contributed by atoms with Gasteiger partial charge in [0.05, 0.1) is 11.9 Å². The highest BCUT2D eigenvalue weighted by molar-refractivity contribution is 6.33. The minimum atomic E-state index is 0.0347. The quantitative estimate of drug-likeness (QED) is 0.846. The maximum atomic E-state index is 11.7. The van der Waals surface area contributed by atoms with Gasteiger partial charge < -0.3 is 4.98 Å². The molecule has 0 atom stereocenters. The van der Waals surface area contributed by atoms with Gasteiger partial charge in [-0.2, -0.15) is 0 Å². The number of carbonyl (C=O) groups excluding carboxylic acids is 1. The van der Waals surface area contributed by atoms with Crippen molar-refractivity contribution in [1.29, 1.82) is 0 Å². The first-order valence-electron chi connectivity index (χ1n) is 5.96. The van der Waals surface area contributed by atoms with Crippen molar-refractivity contribution >= 4 is 17.4 Å². The fraction of sp³-hybridized carbons (Fsp3) is 0.286. The second kappa shape index (κ2) is 5.36. The standard InChI is InChI=1S/C14H15ClN2O/c1-3-4-13(18)14-16-8-12(17-14)10-7-9(2)5-6-11(10)15/h5-8H,3-4H2,1-2H3,(H,16,17). The zero-order valence-corrected chi connectivity index (χ0v) is 11.2. The molecule has 0 saturated carbocycles. The average molecular weight is 263 g/mol. The molecule has 94 valence electrons. The molecule has 1 aromatic heterocycles. The van der Waals surface area contributed by atoms with Crippen molar-refractivity contribution in [2.24, 2.45) is 0 Å². The Morgan fingerprint density at radius 1 is 1.44 bits per heavy atom. The minimum absolute atomic E-state index is 0.0347. The van der Waals surface area contributed by atoms with E-state index in [0.29, 0.717) is 17.3 Å². The van der Waals surface area contributed by atoms with Gasteiger partial charge in [-0.15, -0.1) is 0 Å². The molecule has 2 rings (SSSR count). The van der Waals surface area contributed by atoms with E-state index in [0.717, 1.165) is 23.2 Å². The molecule has 0 saturated heterocycles. The lowest BCUT2D eigenvalue weighted by Gasteiger charge is -2.02. The maximum Gasteiger partial charge on any atom is 0.198 e. The van der Waals surface area contributed by atoms with E-state index in [1.54, 1.807) is 6.20 Å². The number of nitrogens with zero attached hydrogens (tertiary/aromatic N) is 1. The van der Waals surface area contributed by atoms with Gasteiger partial charge in [0.25, 0.3) is 0 Å². The van der Waals surface area contributed by atoms with Crippen LogP contribution in [0.5, 0.6) is 0 Å². The summed E-state index contributed by atoms with van der Waals surface area (Å²) in [6.07, 6.45) is 2.98. The lowest BCUT2D eigenvalue weighted by atomic mass is 10.1. The third-order valence-electron chi connectivity index (χ3n) is 2.73. The number of nitrogens with one attached hydrogen (secondary N) is 1. The highest BCUT2D eigenvalue weighted by Crippen LogP contribution is 2.27. The van der Waals surface area contributed by atoms with Crippen LogP contribution in [0.25, 0.3) is 11.3 Å². The summed E-state index contributed by atoms with van der Waals surface area (Å²) in [5.41, 5.74) is 2.77. The predicted molar refractivity (Wildman–Crippen MR) is 73.0 cm³/mol. The largest absolute Gasteiger partial charge is 0.335 e. The molecule has 1 aromatic carbocycles. The number of aryl methyl sites for hydroxylation is 1. The van der Waals surface area contributed by atoms with Gasteiger partial charge in [0.1, 0.15) is 0 Å². The van der Waals surface area contributed by atoms with Gasteiger partial charge in [-0.05, 0) is 25.5 Å². The highest BCUT2D eigenvalue weighted by atomic mass is 35.5. The average Bonchev–Trinajstić information content (AvgIpc) is 2.82. The van der Waals surface area contributed by atoms with Crippen LogP contribution >= 0.6 is 11.6 Å². The number of Topliss-reactive ketones (excluding diaryl/α,β-unsaturated/α-hetero) is 1. The number of aromatic amines is 1. The first-order valence-corrected chi connectivity index (χ1v) is 6.34. The second-order valence-electron chi connectivity index (χ2n) is 4.30. The maximum absolute atomic E-state index is 11.7. The Morgan fingerprint density at radius 2 is 2.22 bits per heavy atom. The molecule has 0 fully saturated rings. The molecule has 0 bridgehead atoms. The molecule has 3 nitrogen and oxygen atoms in total. The van der Waals surface area contributed by atoms with Crippen LogP contribution in [0, 0.1) is 6.92 Å². The number of halogens is 1. The van der Waals surface area contributed by atoms with E-state index in [-0.39, 0.29) is 5.78 Å². The summed E-state index contributed by atoms with van der Waals surface area (Å²) in [4.78, 5) is 18.9. The summed E-state index contributed by atoms with van der Waals surface area (Å²) in [7, 11) is 0. The summed E-state index contributed by atoms with van der Waals surface area (Å²) in [6.45, 7) is 3.97. The molecule has 0 unspecified atom stereocenters. The number of imidazole rings is 1. The predicted octanol–water partition coefficient (Wildman–Crippen LogP) is 4.02. The molecule has 1 heterocycles. The van der Waals surface area contributed by atoms with Crippen molar-refractivity contribution in [2.45, 2.75) is 26.7 Å². The number of hydrogen-bond acceptors (Lipinski definition) is 2. The van der Waals surface area contributed by atoms with Crippen molar-refractivity contribution in [3.63, 3.8) is 0 Å². The van der Waals surface area contributed by atoms with E-state index in [9.17, 15) is 4.79 Å². The highest BCUT2D eigenvalue weighted by Gasteiger charge is 2.12. The van der Waals surface area contributed by atoms with E-state index < -0.39 is 0 Å². The first-order chi connectivity index (χ1) is 8.61. The molecule has 18 heavy (non-hydrogen) atoms. The number of ketones is 1. The lowest BCUT2D eigenvalue weighted by Crippen LogP contribution is -2.00. The number of aromatic nitrogens is 2. The van der Waals surface area contributed by atoms with E-state index >= 15 is 0 Å². The molecule has 0 spiro atoms. The summed E-state index contributed by atoms with van der Waals surface area (Å²) >= 11 is 6.15. The molecule has 1 N–H and O–H groups in total. The van der Waals surface area contributed by atoms with Gasteiger partial charge in [-0.1, -0.05) is 30.2 Å². The Kier molecular flexibility index (Phi) is 3.82. The smallest absolute Gasteiger partial charge is 0.198 e. The van der Waals surface area contributed by atoms with Crippen molar-refractivity contribution in [3.05, 3.63) is 40.8 Å². The SMILES string of the molecule is CCCC(=O)c1ncc(-c2cc(C)ccc2Cl)[nH]1. The van der Waals surface area contributed by atoms with Crippen LogP contribution in [-0.2, 0) is 0 Å². The summed E-state index contributed by atoms with van der Waals surface area (Å²) in [5, 5.41) is 0.652. The van der Waals surface area contributed by atoms with Gasteiger partial charge in [0, 0.05) is 17.0 Å². The Labute approximate surface area is 111 Å². The number of carbonyl (C=O) groups is 1. The fourth-order valence-corrected chi connectivity index (χ4v) is 2.01. The van der Waals surface area contributed by atoms with Gasteiger partial charge in [-0.3, -0.25) is 4.79 Å². The normalized spacial score (nSPS) is 10.6. The molecule has 0 amide bonds. The molecular weight excluding hydrogens is 248 g/mol. The molecule has 0 aliphatic rings. The van der Waals surface area contributed by atoms with E-state index in [4.69, 9.17) is 11.6 Å². The van der Waals surface area contributed by atoms with E-state index in [1.807, 2.05) is 32.0 Å². The fourth-order valence-electron chi connectivity index (χ4n) is 1.79. The van der Waals surface area contributed by atoms with Gasteiger partial charge in [-0.25, -0.2) is 4.98 Å². The monoisotopic (exact) mass is 262 g/mol. The summed E-state index contributed by atoms with van der Waals surface area (Å²) in [6, 6.07) is 5.77. The number of H-pyrrole nitrogens is 1. The molecule has 4 heteroatoms. The Balaban J connectivity index is 2.35. The van der Waals surface area contributed by atoms with Gasteiger partial charge in [0.2, 0.25) is 0 Å². The topological polar surface area (TPSA) is 45.8 Å². The Morgan fingerprint density at radius 3 is 2.94 bits per heavy atom. The van der Waals surface area contributed by atoms with Crippen LogP contribution in [0.4, 0.5) is 0 Å². The summed E-state index contributed by atoms with van der Waals surface area (Å²) in [5.74, 6) is 0.442. The van der Waals surface area contributed by atoms with Crippen molar-refractivity contribution in [2.75, 3.05) is 0 Å². The summed E-state index contributed by atoms with van der Waals surface area (Å²) < 4.78 is 0. The van der Waals surface area contributed by atoms with Crippen LogP contribution in [0.1, 0.15) is 35.9 Å². The van der Waals surface area contributed by atoms with Crippen LogP contribution in [0.15, 0.2) is 24.4 Å². The van der Waals surface area contributed by atoms with Gasteiger partial charge in [0.15, 0.2) is 11.6 Å². The van der Waals surface area contributed by atoms with Crippen LogP contribution < -0.4 is 0 Å². The van der Waals surface area contributed by atoms with Crippen LogP contribution in [0.2, 0.25) is 5.02 Å². The number of rotatable bonds is 4.